The van der Waals surface area contributed by atoms with Crippen molar-refractivity contribution in [2.45, 2.75) is 18.9 Å². The van der Waals surface area contributed by atoms with Crippen molar-refractivity contribution in [2.75, 3.05) is 32.1 Å². The second kappa shape index (κ2) is 8.75. The number of hydrogen-bond acceptors (Lipinski definition) is 6. The number of aliphatic hydroxyl groups is 1. The smallest absolute Gasteiger partial charge is 0.262 e. The number of aromatic hydroxyl groups is 1. The van der Waals surface area contributed by atoms with Crippen molar-refractivity contribution in [1.29, 1.82) is 0 Å². The van der Waals surface area contributed by atoms with Crippen molar-refractivity contribution in [3.8, 4) is 17.2 Å². The van der Waals surface area contributed by atoms with E-state index in [1.54, 1.807) is 13.2 Å². The lowest BCUT2D eigenvalue weighted by Crippen LogP contribution is -2.28. The molecule has 1 amide bonds. The van der Waals surface area contributed by atoms with Crippen LogP contribution in [0.5, 0.6) is 17.2 Å². The van der Waals surface area contributed by atoms with E-state index in [0.717, 1.165) is 25.1 Å². The van der Waals surface area contributed by atoms with Crippen molar-refractivity contribution in [1.82, 2.24) is 5.32 Å². The van der Waals surface area contributed by atoms with Gasteiger partial charge in [-0.3, -0.25) is 4.79 Å². The topological polar surface area (TPSA) is 100 Å². The lowest BCUT2D eigenvalue weighted by Gasteiger charge is -2.23. The normalized spacial score (nSPS) is 14.1. The van der Waals surface area contributed by atoms with Crippen molar-refractivity contribution < 1.29 is 24.5 Å². The van der Waals surface area contributed by atoms with Crippen LogP contribution in [0.1, 0.15) is 23.7 Å². The largest absolute Gasteiger partial charge is 0.506 e. The highest BCUT2D eigenvalue weighted by atomic mass is 16.5. The van der Waals surface area contributed by atoms with Crippen LogP contribution in [0.15, 0.2) is 36.4 Å². The van der Waals surface area contributed by atoms with Gasteiger partial charge in [-0.1, -0.05) is 12.1 Å². The second-order valence-corrected chi connectivity index (χ2v) is 6.39. The van der Waals surface area contributed by atoms with Gasteiger partial charge in [-0.15, -0.1) is 0 Å². The van der Waals surface area contributed by atoms with Crippen LogP contribution in [0.4, 0.5) is 5.69 Å². The predicted molar refractivity (Wildman–Crippen MR) is 101 cm³/mol. The zero-order chi connectivity index (χ0) is 19.2. The minimum absolute atomic E-state index is 0.0820. The van der Waals surface area contributed by atoms with E-state index in [1.165, 1.54) is 11.6 Å². The summed E-state index contributed by atoms with van der Waals surface area (Å²) >= 11 is 0. The molecule has 0 fully saturated rings. The predicted octanol–water partition coefficient (Wildman–Crippen LogP) is 1.99. The van der Waals surface area contributed by atoms with Crippen LogP contribution in [-0.2, 0) is 11.2 Å². The number of anilines is 1. The SMILES string of the molecule is COc1ccc(CCCNCC(O)c2ccc(O)c3c2OCC(=O)N3)cc1. The molecule has 2 aromatic carbocycles. The number of phenols is 1. The van der Waals surface area contributed by atoms with E-state index in [9.17, 15) is 15.0 Å². The molecule has 1 heterocycles. The molecule has 0 aliphatic carbocycles. The molecule has 4 N–H and O–H groups in total. The summed E-state index contributed by atoms with van der Waals surface area (Å²) in [5.74, 6) is 0.750. The fraction of sp³-hybridized carbons (Fsp3) is 0.350. The molecule has 1 unspecified atom stereocenters. The summed E-state index contributed by atoms with van der Waals surface area (Å²) in [4.78, 5) is 11.4. The van der Waals surface area contributed by atoms with Gasteiger partial charge in [0, 0.05) is 12.1 Å². The summed E-state index contributed by atoms with van der Waals surface area (Å²) in [7, 11) is 1.65. The third kappa shape index (κ3) is 4.69. The van der Waals surface area contributed by atoms with Crippen molar-refractivity contribution >= 4 is 11.6 Å². The average molecular weight is 372 g/mol. The van der Waals surface area contributed by atoms with Gasteiger partial charge in [0.05, 0.1) is 13.2 Å². The van der Waals surface area contributed by atoms with Gasteiger partial charge in [0.1, 0.15) is 17.2 Å². The maximum atomic E-state index is 11.4. The van der Waals surface area contributed by atoms with Gasteiger partial charge in [0.2, 0.25) is 0 Å². The van der Waals surface area contributed by atoms with Gasteiger partial charge < -0.3 is 30.3 Å². The maximum absolute atomic E-state index is 11.4. The zero-order valence-electron chi connectivity index (χ0n) is 15.2. The lowest BCUT2D eigenvalue weighted by atomic mass is 10.0. The number of phenolic OH excluding ortho intramolecular Hbond substituents is 1. The molecule has 0 aromatic heterocycles. The Morgan fingerprint density at radius 1 is 1.26 bits per heavy atom. The van der Waals surface area contributed by atoms with E-state index in [0.29, 0.717) is 17.9 Å². The first-order chi connectivity index (χ1) is 13.1. The van der Waals surface area contributed by atoms with Gasteiger partial charge in [-0.2, -0.15) is 0 Å². The molecule has 7 nitrogen and oxygen atoms in total. The third-order valence-electron chi connectivity index (χ3n) is 4.45. The van der Waals surface area contributed by atoms with Crippen LogP contribution in [-0.4, -0.2) is 42.9 Å². The van der Waals surface area contributed by atoms with Crippen LogP contribution >= 0.6 is 0 Å². The summed E-state index contributed by atoms with van der Waals surface area (Å²) < 4.78 is 10.5. The summed E-state index contributed by atoms with van der Waals surface area (Å²) in [6, 6.07) is 11.0. The minimum Gasteiger partial charge on any atom is -0.506 e. The first-order valence-electron chi connectivity index (χ1n) is 8.88. The zero-order valence-corrected chi connectivity index (χ0v) is 15.2. The molecule has 1 atom stereocenters. The van der Waals surface area contributed by atoms with E-state index >= 15 is 0 Å². The molecule has 0 bridgehead atoms. The molecule has 0 saturated heterocycles. The number of carbonyl (C=O) groups excluding carboxylic acids is 1. The van der Waals surface area contributed by atoms with Crippen LogP contribution < -0.4 is 20.1 Å². The standard InChI is InChI=1S/C20H24N2O5/c1-26-14-6-4-13(5-7-14)3-2-10-21-11-17(24)15-8-9-16(23)19-20(15)27-12-18(25)22-19/h4-9,17,21,23-24H,2-3,10-12H2,1H3,(H,22,25). The quantitative estimate of drug-likeness (QED) is 0.418. The summed E-state index contributed by atoms with van der Waals surface area (Å²) in [6.07, 6.45) is 1.05. The number of rotatable bonds is 8. The third-order valence-corrected chi connectivity index (χ3v) is 4.45. The highest BCUT2D eigenvalue weighted by Gasteiger charge is 2.25. The highest BCUT2D eigenvalue weighted by molar-refractivity contribution is 5.97. The Labute approximate surface area is 157 Å². The molecule has 2 aromatic rings. The number of aliphatic hydroxyl groups excluding tert-OH is 1. The average Bonchev–Trinajstić information content (AvgIpc) is 2.68. The molecule has 0 saturated carbocycles. The van der Waals surface area contributed by atoms with Crippen molar-refractivity contribution in [3.05, 3.63) is 47.5 Å². The molecule has 0 spiro atoms. The second-order valence-electron chi connectivity index (χ2n) is 6.39. The van der Waals surface area contributed by atoms with Gasteiger partial charge in [-0.25, -0.2) is 0 Å². The molecular formula is C20H24N2O5. The van der Waals surface area contributed by atoms with Gasteiger partial charge in [0.25, 0.3) is 5.91 Å². The molecule has 0 radical (unpaired) electrons. The molecular weight excluding hydrogens is 348 g/mol. The fourth-order valence-corrected chi connectivity index (χ4v) is 3.00. The minimum atomic E-state index is -0.810. The van der Waals surface area contributed by atoms with Crippen LogP contribution in [0.3, 0.4) is 0 Å². The van der Waals surface area contributed by atoms with Crippen LogP contribution in [0.2, 0.25) is 0 Å². The Morgan fingerprint density at radius 2 is 2.04 bits per heavy atom. The number of ether oxygens (including phenoxy) is 2. The number of aryl methyl sites for hydroxylation is 1. The number of hydrogen-bond donors (Lipinski definition) is 4. The molecule has 1 aliphatic rings. The Morgan fingerprint density at radius 3 is 2.78 bits per heavy atom. The lowest BCUT2D eigenvalue weighted by molar-refractivity contribution is -0.118. The van der Waals surface area contributed by atoms with E-state index in [-0.39, 0.29) is 24.0 Å². The number of carbonyl (C=O) groups is 1. The van der Waals surface area contributed by atoms with Gasteiger partial charge in [0.15, 0.2) is 12.4 Å². The summed E-state index contributed by atoms with van der Waals surface area (Å²) in [5, 5.41) is 26.1. The first kappa shape index (κ1) is 19.0. The molecule has 1 aliphatic heterocycles. The number of nitrogens with one attached hydrogen (secondary N) is 2. The van der Waals surface area contributed by atoms with E-state index in [4.69, 9.17) is 9.47 Å². The molecule has 7 heteroatoms. The Kier molecular flexibility index (Phi) is 6.16. The Bertz CT molecular complexity index is 792. The summed E-state index contributed by atoms with van der Waals surface area (Å²) in [5.41, 5.74) is 1.97. The molecule has 3 rings (SSSR count). The summed E-state index contributed by atoms with van der Waals surface area (Å²) in [6.45, 7) is 0.962. The number of methoxy groups -OCH3 is 1. The molecule has 27 heavy (non-hydrogen) atoms. The van der Waals surface area contributed by atoms with Crippen molar-refractivity contribution in [2.24, 2.45) is 0 Å². The Hall–Kier alpha value is -2.77. The highest BCUT2D eigenvalue weighted by Crippen LogP contribution is 2.41. The monoisotopic (exact) mass is 372 g/mol. The van der Waals surface area contributed by atoms with Gasteiger partial charge in [-0.05, 0) is 49.2 Å². The van der Waals surface area contributed by atoms with E-state index in [1.807, 2.05) is 24.3 Å². The molecule has 144 valence electrons. The number of fused-ring (bicyclic) bond motifs is 1. The van der Waals surface area contributed by atoms with E-state index < -0.39 is 6.10 Å². The first-order valence-corrected chi connectivity index (χ1v) is 8.88. The van der Waals surface area contributed by atoms with E-state index in [2.05, 4.69) is 10.6 Å². The Balaban J connectivity index is 1.49. The van der Waals surface area contributed by atoms with Crippen molar-refractivity contribution in [3.63, 3.8) is 0 Å². The van der Waals surface area contributed by atoms with Crippen LogP contribution in [0.25, 0.3) is 0 Å². The van der Waals surface area contributed by atoms with Gasteiger partial charge >= 0.3 is 0 Å². The number of amides is 1. The number of benzene rings is 2. The van der Waals surface area contributed by atoms with Crippen LogP contribution in [0, 0.1) is 0 Å². The fourth-order valence-electron chi connectivity index (χ4n) is 3.00. The maximum Gasteiger partial charge on any atom is 0.262 e.